The summed E-state index contributed by atoms with van der Waals surface area (Å²) in [6.45, 7) is 6.94. The monoisotopic (exact) mass is 1340 g/mol. The van der Waals surface area contributed by atoms with Crippen molar-refractivity contribution in [2.75, 3.05) is 14.2 Å². The molecule has 0 saturated heterocycles. The first-order valence-electron chi connectivity index (χ1n) is 26.6. The van der Waals surface area contributed by atoms with E-state index in [1.54, 1.807) is 37.3 Å². The van der Waals surface area contributed by atoms with Crippen molar-refractivity contribution in [2.45, 2.75) is 27.7 Å². The summed E-state index contributed by atoms with van der Waals surface area (Å²) in [4.78, 5) is 112. The number of rotatable bonds is 12. The molecule has 2 aromatic heterocycles. The zero-order chi connectivity index (χ0) is 69.9. The van der Waals surface area contributed by atoms with Gasteiger partial charge in [-0.05, 0) is 152 Å². The number of nitrogens with one attached hydrogen (secondary N) is 6. The zero-order valence-electron chi connectivity index (χ0n) is 51.1. The van der Waals surface area contributed by atoms with Crippen LogP contribution in [0.1, 0.15) is 117 Å². The molecule has 31 nitrogen and oxygen atoms in total. The molecule has 9 aromatic rings. The summed E-state index contributed by atoms with van der Waals surface area (Å²) in [5, 5.41) is 26.9. The predicted octanol–water partition coefficient (Wildman–Crippen LogP) is 5.54. The van der Waals surface area contributed by atoms with Crippen LogP contribution in [-0.2, 0) is 14.3 Å². The summed E-state index contributed by atoms with van der Waals surface area (Å²) in [6.07, 6.45) is 0. The minimum absolute atomic E-state index is 0. The van der Waals surface area contributed by atoms with E-state index in [2.05, 4.69) is 63.3 Å². The van der Waals surface area contributed by atoms with Crippen molar-refractivity contribution in [1.29, 1.82) is 10.8 Å². The number of carbonyl (C=O) groups is 10. The van der Waals surface area contributed by atoms with Gasteiger partial charge in [0.2, 0.25) is 29.5 Å². The lowest BCUT2D eigenvalue weighted by molar-refractivity contribution is -0.119. The van der Waals surface area contributed by atoms with Gasteiger partial charge in [0, 0.05) is 80.3 Å². The third-order valence-electron chi connectivity index (χ3n) is 11.7. The van der Waals surface area contributed by atoms with E-state index < -0.39 is 57.9 Å². The molecule has 0 fully saturated rings. The van der Waals surface area contributed by atoms with Crippen LogP contribution < -0.4 is 55.9 Å². The molecule has 95 heavy (non-hydrogen) atoms. The van der Waals surface area contributed by atoms with Crippen molar-refractivity contribution in [3.8, 4) is 34.4 Å². The molecule has 0 radical (unpaired) electrons. The first kappa shape index (κ1) is 78.8. The van der Waals surface area contributed by atoms with E-state index >= 15 is 0 Å². The standard InChI is InChI=1S/C18H18N4O4.C18H14N4O2.C10H10O4.C8H4Cl2O2.C8H10N4O2.H4N2.N2.H2O/c1-11-6-8-13(9-7-11)16(24)21-22-18(26)15-5-3-4-14(10-15)17(25)20-19-12(2)23;1-11-6-8-13(9-7-11)16-21-22-18(24-16)15-5-3-4-14(10-15)17-20-19-12(2)23-17;1-13-9(11)7-3-5-8(6-4-7)10(12)14-2;9-7(11)5-2-1-3-6(4-5)8(10)12;9-11-7(13)5-1-2-6(4-3-5)8(14)12-10;2*1-2;/h3-10H,1-2H3,(H,19,23)(H,20,25)(H,21,24)(H,22,26);3-10H,1-2H3;3-6H,1-2H3;1-4H;1-4H,9-10H2,(H,11,13)(H,12,14);1-2H2;;1H2. The van der Waals surface area contributed by atoms with E-state index in [0.29, 0.717) is 51.4 Å². The van der Waals surface area contributed by atoms with E-state index in [0.717, 1.165) is 22.3 Å². The molecular formula is C62H62Cl2N16O15. The molecule has 9 rings (SSSR count). The molecule has 0 aliphatic rings. The Bertz CT molecular complexity index is 3910. The molecule has 0 saturated carbocycles. The van der Waals surface area contributed by atoms with Gasteiger partial charge in [0.1, 0.15) is 0 Å². The smallest absolute Gasteiger partial charge is 0.337 e. The Morgan fingerprint density at radius 3 is 1.09 bits per heavy atom. The van der Waals surface area contributed by atoms with Gasteiger partial charge in [-0.3, -0.25) is 82.6 Å². The number of ether oxygens (including phenoxy) is 2. The Morgan fingerprint density at radius 1 is 0.400 bits per heavy atom. The van der Waals surface area contributed by atoms with Crippen LogP contribution >= 0.6 is 23.2 Å². The highest BCUT2D eigenvalue weighted by Gasteiger charge is 2.16. The van der Waals surface area contributed by atoms with E-state index in [4.69, 9.17) is 54.5 Å². The van der Waals surface area contributed by atoms with E-state index in [-0.39, 0.29) is 27.7 Å². The number of hydrogen-bond acceptors (Lipinski definition) is 24. The third-order valence-corrected chi connectivity index (χ3v) is 12.1. The quantitative estimate of drug-likeness (QED) is 0.0179. The van der Waals surface area contributed by atoms with Gasteiger partial charge in [-0.2, -0.15) is 0 Å². The van der Waals surface area contributed by atoms with Crippen LogP contribution in [0.2, 0.25) is 0 Å². The summed E-state index contributed by atoms with van der Waals surface area (Å²) in [5.41, 5.74) is 20.5. The maximum absolute atomic E-state index is 12.1. The fraction of sp³-hybridized carbons (Fsp3) is 0.0968. The molecule has 2 heterocycles. The number of benzene rings is 7. The van der Waals surface area contributed by atoms with Crippen LogP contribution in [0.25, 0.3) is 34.4 Å². The second-order valence-corrected chi connectivity index (χ2v) is 18.9. The number of hydrogen-bond donors (Lipinski definition) is 10. The summed E-state index contributed by atoms with van der Waals surface area (Å²) < 4.78 is 20.3. The Labute approximate surface area is 550 Å². The van der Waals surface area contributed by atoms with Crippen LogP contribution in [0.4, 0.5) is 0 Å². The normalized spacial score (nSPS) is 9.45. The maximum Gasteiger partial charge on any atom is 0.337 e. The Hall–Kier alpha value is -12.3. The number of amides is 6. The van der Waals surface area contributed by atoms with Gasteiger partial charge in [0.15, 0.2) is 0 Å². The molecule has 33 heteroatoms. The van der Waals surface area contributed by atoms with Crippen LogP contribution in [0.15, 0.2) is 179 Å². The lowest BCUT2D eigenvalue weighted by Crippen LogP contribution is -2.42. The fourth-order valence-corrected chi connectivity index (χ4v) is 7.25. The summed E-state index contributed by atoms with van der Waals surface area (Å²) >= 11 is 10.4. The second-order valence-electron chi connectivity index (χ2n) is 18.2. The van der Waals surface area contributed by atoms with Crippen molar-refractivity contribution in [2.24, 2.45) is 23.4 Å². The lowest BCUT2D eigenvalue weighted by atomic mass is 10.1. The molecule has 0 bridgehead atoms. The van der Waals surface area contributed by atoms with Crippen molar-refractivity contribution >= 4 is 81.1 Å². The van der Waals surface area contributed by atoms with E-state index in [1.807, 2.05) is 73.2 Å². The minimum Gasteiger partial charge on any atom is -0.465 e. The van der Waals surface area contributed by atoms with E-state index in [9.17, 15) is 47.9 Å². The van der Waals surface area contributed by atoms with Gasteiger partial charge in [-0.15, -0.1) is 20.4 Å². The van der Waals surface area contributed by atoms with Crippen molar-refractivity contribution < 1.29 is 71.7 Å². The molecule has 6 amide bonds. The van der Waals surface area contributed by atoms with Gasteiger partial charge in [-0.25, -0.2) is 21.3 Å². The molecule has 0 unspecified atom stereocenters. The molecule has 0 atom stereocenters. The number of nitrogens with zero attached hydrogens (tertiary/aromatic N) is 6. The average molecular weight is 1340 g/mol. The summed E-state index contributed by atoms with van der Waals surface area (Å²) in [6, 6.07) is 46.1. The number of carbonyl (C=O) groups excluding carboxylic acids is 10. The summed E-state index contributed by atoms with van der Waals surface area (Å²) in [5.74, 6) is 16.1. The highest BCUT2D eigenvalue weighted by molar-refractivity contribution is 6.69. The zero-order valence-corrected chi connectivity index (χ0v) is 52.6. The minimum atomic E-state index is -0.602. The molecule has 7 aromatic carbocycles. The van der Waals surface area contributed by atoms with Gasteiger partial charge >= 0.3 is 11.9 Å². The van der Waals surface area contributed by atoms with Crippen LogP contribution in [-0.4, -0.2) is 98.0 Å². The predicted molar refractivity (Wildman–Crippen MR) is 343 cm³/mol. The van der Waals surface area contributed by atoms with Crippen LogP contribution in [0.3, 0.4) is 0 Å². The second kappa shape index (κ2) is 41.2. The lowest BCUT2D eigenvalue weighted by Gasteiger charge is -2.09. The van der Waals surface area contributed by atoms with E-state index in [1.165, 1.54) is 118 Å². The number of nitrogen functional groups attached to an aromatic ring is 2. The molecule has 494 valence electrons. The van der Waals surface area contributed by atoms with Crippen LogP contribution in [0.5, 0.6) is 0 Å². The molecule has 0 aliphatic heterocycles. The number of aromatic nitrogens is 4. The third kappa shape index (κ3) is 25.9. The first-order chi connectivity index (χ1) is 45.0. The fourth-order valence-electron chi connectivity index (χ4n) is 7.01. The van der Waals surface area contributed by atoms with Gasteiger partial charge < -0.3 is 23.8 Å². The Morgan fingerprint density at radius 2 is 0.716 bits per heavy atom. The van der Waals surface area contributed by atoms with Gasteiger partial charge in [0.25, 0.3) is 40.0 Å². The van der Waals surface area contributed by atoms with Gasteiger partial charge in [0.05, 0.1) is 25.3 Å². The highest BCUT2D eigenvalue weighted by atomic mass is 35.5. The van der Waals surface area contributed by atoms with Crippen molar-refractivity contribution in [3.05, 3.63) is 237 Å². The average Bonchev–Trinajstić information content (AvgIpc) is 1.72. The number of aryl methyl sites for hydroxylation is 3. The molecule has 16 N–H and O–H groups in total. The molecular weight excluding hydrogens is 1280 g/mol. The maximum atomic E-state index is 12.1. The van der Waals surface area contributed by atoms with Gasteiger partial charge in [-0.1, -0.05) is 65.7 Å². The summed E-state index contributed by atoms with van der Waals surface area (Å²) in [7, 11) is 2.60. The van der Waals surface area contributed by atoms with Crippen LogP contribution in [0, 0.1) is 31.6 Å². The molecule has 0 aliphatic carbocycles. The number of hydrazine groups is 5. The Kier molecular flexibility index (Phi) is 34.2. The number of methoxy groups -OCH3 is 2. The topological polar surface area (TPSA) is 522 Å². The Balaban J connectivity index is 0.000000411. The van der Waals surface area contributed by atoms with Crippen molar-refractivity contribution in [1.82, 2.24) is 52.9 Å². The molecule has 0 spiro atoms. The largest absolute Gasteiger partial charge is 0.465 e. The number of nitrogens with two attached hydrogens (primary N) is 4. The first-order valence-corrected chi connectivity index (χ1v) is 27.4. The number of halogens is 2. The highest BCUT2D eigenvalue weighted by Crippen LogP contribution is 2.28. The van der Waals surface area contributed by atoms with Crippen molar-refractivity contribution in [3.63, 3.8) is 0 Å². The number of esters is 2. The SMILES string of the molecule is CC(=O)NNC(=O)c1cccc(C(=O)NNC(=O)c2ccc(C)cc2)c1.COC(=O)c1ccc(C(=O)OC)cc1.Cc1ccc(-c2nnc(-c3cccc(-c4nnc(C)o4)c3)o2)cc1.N#N.NN.NNC(=O)c1ccc(C(=O)NN)cc1.O.O=C(Cl)c1cccc(C(=O)Cl)c1.